The molecule has 2 aromatic rings. The number of H-pyrrole nitrogens is 1. The SMILES string of the molecule is NC1C2CCC(C2)C1c1nc2ccc(O)cc2[nH]1. The van der Waals surface area contributed by atoms with Crippen LogP contribution in [0.5, 0.6) is 5.75 Å². The number of aromatic amines is 1. The Kier molecular flexibility index (Phi) is 2.01. The van der Waals surface area contributed by atoms with Crippen LogP contribution in [0.4, 0.5) is 0 Å². The second kappa shape index (κ2) is 3.48. The number of rotatable bonds is 1. The van der Waals surface area contributed by atoms with Gasteiger partial charge in [0, 0.05) is 18.0 Å². The molecule has 2 saturated carbocycles. The number of phenolic OH excluding ortho intramolecular Hbond substituents is 1. The molecule has 1 aromatic heterocycles. The molecule has 0 amide bonds. The summed E-state index contributed by atoms with van der Waals surface area (Å²) in [5, 5.41) is 9.49. The Labute approximate surface area is 105 Å². The van der Waals surface area contributed by atoms with Crippen molar-refractivity contribution >= 4 is 11.0 Å². The third kappa shape index (κ3) is 1.32. The van der Waals surface area contributed by atoms with Crippen LogP contribution in [-0.4, -0.2) is 21.1 Å². The molecule has 2 bridgehead atoms. The van der Waals surface area contributed by atoms with E-state index in [0.717, 1.165) is 16.9 Å². The predicted molar refractivity (Wildman–Crippen MR) is 69.3 cm³/mol. The third-order valence-electron chi connectivity index (χ3n) is 4.78. The lowest BCUT2D eigenvalue weighted by atomic mass is 9.84. The minimum Gasteiger partial charge on any atom is -0.508 e. The van der Waals surface area contributed by atoms with Crippen LogP contribution in [-0.2, 0) is 0 Å². The average molecular weight is 243 g/mol. The Morgan fingerprint density at radius 2 is 2.11 bits per heavy atom. The van der Waals surface area contributed by atoms with Crippen molar-refractivity contribution < 1.29 is 5.11 Å². The van der Waals surface area contributed by atoms with Crippen molar-refractivity contribution in [3.63, 3.8) is 0 Å². The van der Waals surface area contributed by atoms with Crippen molar-refractivity contribution in [2.45, 2.75) is 31.2 Å². The fourth-order valence-corrected chi connectivity index (χ4v) is 3.92. The molecule has 0 spiro atoms. The number of hydrogen-bond donors (Lipinski definition) is 3. The summed E-state index contributed by atoms with van der Waals surface area (Å²) in [6.45, 7) is 0. The predicted octanol–water partition coefficient (Wildman–Crippen LogP) is 2.11. The van der Waals surface area contributed by atoms with E-state index in [1.807, 2.05) is 6.07 Å². The molecule has 94 valence electrons. The summed E-state index contributed by atoms with van der Waals surface area (Å²) in [6, 6.07) is 5.50. The lowest BCUT2D eigenvalue weighted by Crippen LogP contribution is -2.34. The smallest absolute Gasteiger partial charge is 0.117 e. The van der Waals surface area contributed by atoms with E-state index in [2.05, 4.69) is 9.97 Å². The molecule has 4 atom stereocenters. The largest absolute Gasteiger partial charge is 0.508 e. The monoisotopic (exact) mass is 243 g/mol. The van der Waals surface area contributed by atoms with Crippen LogP contribution in [0.3, 0.4) is 0 Å². The van der Waals surface area contributed by atoms with Gasteiger partial charge in [-0.1, -0.05) is 0 Å². The number of aromatic hydroxyl groups is 1. The van der Waals surface area contributed by atoms with Crippen LogP contribution in [0, 0.1) is 11.8 Å². The van der Waals surface area contributed by atoms with E-state index in [9.17, 15) is 5.11 Å². The Balaban J connectivity index is 1.78. The van der Waals surface area contributed by atoms with E-state index in [4.69, 9.17) is 5.73 Å². The zero-order chi connectivity index (χ0) is 12.3. The van der Waals surface area contributed by atoms with Crippen LogP contribution in [0.2, 0.25) is 0 Å². The van der Waals surface area contributed by atoms with Crippen LogP contribution < -0.4 is 5.73 Å². The van der Waals surface area contributed by atoms with E-state index in [1.54, 1.807) is 12.1 Å². The summed E-state index contributed by atoms with van der Waals surface area (Å²) in [6.07, 6.45) is 3.82. The van der Waals surface area contributed by atoms with Crippen LogP contribution in [0.15, 0.2) is 18.2 Å². The zero-order valence-electron chi connectivity index (χ0n) is 10.1. The normalized spacial score (nSPS) is 34.5. The third-order valence-corrected chi connectivity index (χ3v) is 4.78. The molecule has 2 aliphatic carbocycles. The molecule has 2 fully saturated rings. The summed E-state index contributed by atoms with van der Waals surface area (Å²) in [5.74, 6) is 3.03. The van der Waals surface area contributed by atoms with Gasteiger partial charge in [0.05, 0.1) is 11.0 Å². The van der Waals surface area contributed by atoms with E-state index < -0.39 is 0 Å². The van der Waals surface area contributed by atoms with E-state index >= 15 is 0 Å². The van der Waals surface area contributed by atoms with Crippen molar-refractivity contribution in [2.75, 3.05) is 0 Å². The van der Waals surface area contributed by atoms with E-state index in [-0.39, 0.29) is 11.8 Å². The first-order valence-electron chi connectivity index (χ1n) is 6.66. The topological polar surface area (TPSA) is 74.9 Å². The maximum atomic E-state index is 9.49. The molecule has 2 aliphatic rings. The van der Waals surface area contributed by atoms with Gasteiger partial charge < -0.3 is 15.8 Å². The standard InChI is InChI=1S/C14H17N3O/c15-13-8-2-1-7(5-8)12(13)14-16-10-4-3-9(18)6-11(10)17-14/h3-4,6-8,12-13,18H,1-2,5,15H2,(H,16,17). The molecule has 4 unspecified atom stereocenters. The second-order valence-electron chi connectivity index (χ2n) is 5.76. The molecule has 1 heterocycles. The summed E-state index contributed by atoms with van der Waals surface area (Å²) in [5.41, 5.74) is 8.16. The number of benzene rings is 1. The lowest BCUT2D eigenvalue weighted by Gasteiger charge is -2.26. The van der Waals surface area contributed by atoms with Crippen LogP contribution in [0.1, 0.15) is 31.0 Å². The second-order valence-corrected chi connectivity index (χ2v) is 5.76. The molecule has 0 aliphatic heterocycles. The van der Waals surface area contributed by atoms with Crippen molar-refractivity contribution in [1.29, 1.82) is 0 Å². The van der Waals surface area contributed by atoms with Gasteiger partial charge in [0.15, 0.2) is 0 Å². The number of nitrogens with one attached hydrogen (secondary N) is 1. The Bertz CT molecular complexity index is 604. The quantitative estimate of drug-likeness (QED) is 0.718. The van der Waals surface area contributed by atoms with Crippen molar-refractivity contribution in [3.8, 4) is 5.75 Å². The van der Waals surface area contributed by atoms with Gasteiger partial charge >= 0.3 is 0 Å². The summed E-state index contributed by atoms with van der Waals surface area (Å²) >= 11 is 0. The van der Waals surface area contributed by atoms with Gasteiger partial charge in [-0.15, -0.1) is 0 Å². The number of fused-ring (bicyclic) bond motifs is 3. The van der Waals surface area contributed by atoms with E-state index in [0.29, 0.717) is 17.8 Å². The molecule has 18 heavy (non-hydrogen) atoms. The number of hydrogen-bond acceptors (Lipinski definition) is 3. The van der Waals surface area contributed by atoms with Gasteiger partial charge in [-0.25, -0.2) is 4.98 Å². The summed E-state index contributed by atoms with van der Waals surface area (Å²) in [4.78, 5) is 8.00. The fraction of sp³-hybridized carbons (Fsp3) is 0.500. The highest BCUT2D eigenvalue weighted by Gasteiger charge is 2.47. The number of nitrogens with zero attached hydrogens (tertiary/aromatic N) is 1. The summed E-state index contributed by atoms with van der Waals surface area (Å²) in [7, 11) is 0. The van der Waals surface area contributed by atoms with E-state index in [1.165, 1.54) is 19.3 Å². The first-order chi connectivity index (χ1) is 8.72. The fourth-order valence-electron chi connectivity index (χ4n) is 3.92. The number of phenols is 1. The molecule has 4 nitrogen and oxygen atoms in total. The van der Waals surface area contributed by atoms with Gasteiger partial charge in [0.25, 0.3) is 0 Å². The molecular weight excluding hydrogens is 226 g/mol. The Morgan fingerprint density at radius 1 is 1.28 bits per heavy atom. The lowest BCUT2D eigenvalue weighted by molar-refractivity contribution is 0.356. The molecule has 0 radical (unpaired) electrons. The Morgan fingerprint density at radius 3 is 2.89 bits per heavy atom. The maximum Gasteiger partial charge on any atom is 0.117 e. The highest BCUT2D eigenvalue weighted by molar-refractivity contribution is 5.76. The molecular formula is C14H17N3O. The van der Waals surface area contributed by atoms with Crippen molar-refractivity contribution in [2.24, 2.45) is 17.6 Å². The molecule has 4 N–H and O–H groups in total. The maximum absolute atomic E-state index is 9.49. The average Bonchev–Trinajstić information content (AvgIpc) is 3.00. The molecule has 0 saturated heterocycles. The zero-order valence-corrected chi connectivity index (χ0v) is 10.1. The van der Waals surface area contributed by atoms with Gasteiger partial charge in [-0.2, -0.15) is 0 Å². The van der Waals surface area contributed by atoms with Crippen molar-refractivity contribution in [3.05, 3.63) is 24.0 Å². The van der Waals surface area contributed by atoms with Gasteiger partial charge in [-0.3, -0.25) is 0 Å². The molecule has 4 rings (SSSR count). The minimum absolute atomic E-state index is 0.248. The first kappa shape index (κ1) is 10.4. The highest BCUT2D eigenvalue weighted by atomic mass is 16.3. The molecule has 1 aromatic carbocycles. The van der Waals surface area contributed by atoms with Crippen LogP contribution >= 0.6 is 0 Å². The van der Waals surface area contributed by atoms with Gasteiger partial charge in [0.2, 0.25) is 0 Å². The van der Waals surface area contributed by atoms with Crippen molar-refractivity contribution in [1.82, 2.24) is 9.97 Å². The van der Waals surface area contributed by atoms with Gasteiger partial charge in [0.1, 0.15) is 11.6 Å². The number of nitrogens with two attached hydrogens (primary N) is 1. The van der Waals surface area contributed by atoms with Crippen LogP contribution in [0.25, 0.3) is 11.0 Å². The number of imidazole rings is 1. The Hall–Kier alpha value is -1.55. The summed E-state index contributed by atoms with van der Waals surface area (Å²) < 4.78 is 0. The van der Waals surface area contributed by atoms with Gasteiger partial charge in [-0.05, 0) is 43.2 Å². The first-order valence-corrected chi connectivity index (χ1v) is 6.66. The number of aromatic nitrogens is 2. The minimum atomic E-state index is 0.248. The highest BCUT2D eigenvalue weighted by Crippen LogP contribution is 2.51. The molecule has 4 heteroatoms.